The maximum Gasteiger partial charge on any atom is 0.323 e. The van der Waals surface area contributed by atoms with Gasteiger partial charge >= 0.3 is 6.01 Å². The van der Waals surface area contributed by atoms with Gasteiger partial charge in [-0.25, -0.2) is 0 Å². The summed E-state index contributed by atoms with van der Waals surface area (Å²) in [6.45, 7) is 5.01. The molecule has 1 N–H and O–H groups in total. The highest BCUT2D eigenvalue weighted by Crippen LogP contribution is 2.38. The molecule has 1 aliphatic carbocycles. The van der Waals surface area contributed by atoms with E-state index in [4.69, 9.17) is 4.74 Å². The van der Waals surface area contributed by atoms with Crippen LogP contribution in [0.2, 0.25) is 0 Å². The second kappa shape index (κ2) is 6.03. The Morgan fingerprint density at radius 2 is 1.95 bits per heavy atom. The van der Waals surface area contributed by atoms with Crippen LogP contribution < -0.4 is 15.0 Å². The maximum atomic E-state index is 5.66. The Bertz CT molecular complexity index is 493. The molecule has 0 spiro atoms. The average Bonchev–Trinajstić information content (AvgIpc) is 2.90. The Hall–Kier alpha value is -1.59. The highest BCUT2D eigenvalue weighted by atomic mass is 16.5. The van der Waals surface area contributed by atoms with Gasteiger partial charge < -0.3 is 15.0 Å². The van der Waals surface area contributed by atoms with Gasteiger partial charge in [-0.15, -0.1) is 0 Å². The smallest absolute Gasteiger partial charge is 0.323 e. The summed E-state index contributed by atoms with van der Waals surface area (Å²) in [6, 6.07) is 1.01. The van der Waals surface area contributed by atoms with E-state index in [-0.39, 0.29) is 6.10 Å². The first-order valence-corrected chi connectivity index (χ1v) is 8.04. The van der Waals surface area contributed by atoms with Crippen molar-refractivity contribution in [3.05, 3.63) is 0 Å². The van der Waals surface area contributed by atoms with E-state index in [0.717, 1.165) is 18.4 Å². The topological polar surface area (TPSA) is 63.2 Å². The van der Waals surface area contributed by atoms with Gasteiger partial charge in [0.05, 0.1) is 6.10 Å². The molecular formula is C15H25N5O. The van der Waals surface area contributed by atoms with Crippen LogP contribution in [0.4, 0.5) is 11.9 Å². The highest BCUT2D eigenvalue weighted by molar-refractivity contribution is 5.40. The predicted octanol–water partition coefficient (Wildman–Crippen LogP) is 2.47. The lowest BCUT2D eigenvalue weighted by Gasteiger charge is -2.31. The minimum Gasteiger partial charge on any atom is -0.461 e. The minimum atomic E-state index is 0.0611. The molecule has 0 radical (unpaired) electrons. The summed E-state index contributed by atoms with van der Waals surface area (Å²) >= 11 is 0. The van der Waals surface area contributed by atoms with Gasteiger partial charge in [0.2, 0.25) is 11.9 Å². The fourth-order valence-electron chi connectivity index (χ4n) is 3.50. The van der Waals surface area contributed by atoms with Crippen molar-refractivity contribution in [2.45, 2.75) is 58.1 Å². The molecule has 2 aliphatic rings. The zero-order valence-electron chi connectivity index (χ0n) is 13.2. The van der Waals surface area contributed by atoms with Crippen molar-refractivity contribution in [3.63, 3.8) is 0 Å². The zero-order valence-corrected chi connectivity index (χ0v) is 13.2. The summed E-state index contributed by atoms with van der Waals surface area (Å²) in [4.78, 5) is 15.7. The largest absolute Gasteiger partial charge is 0.461 e. The number of anilines is 2. The van der Waals surface area contributed by atoms with Crippen LogP contribution in [-0.2, 0) is 0 Å². The molecule has 2 unspecified atom stereocenters. The lowest BCUT2D eigenvalue weighted by atomic mass is 9.85. The van der Waals surface area contributed by atoms with Crippen molar-refractivity contribution in [1.29, 1.82) is 0 Å². The van der Waals surface area contributed by atoms with Crippen molar-refractivity contribution >= 4 is 11.9 Å². The van der Waals surface area contributed by atoms with Crippen LogP contribution in [0, 0.1) is 5.92 Å². The van der Waals surface area contributed by atoms with E-state index in [0.29, 0.717) is 18.0 Å². The summed E-state index contributed by atoms with van der Waals surface area (Å²) in [7, 11) is 1.83. The average molecular weight is 291 g/mol. The van der Waals surface area contributed by atoms with E-state index in [2.05, 4.69) is 25.2 Å². The van der Waals surface area contributed by atoms with E-state index in [1.165, 1.54) is 32.1 Å². The Balaban J connectivity index is 1.86. The minimum absolute atomic E-state index is 0.0611. The Labute approximate surface area is 126 Å². The van der Waals surface area contributed by atoms with E-state index in [1.807, 2.05) is 20.9 Å². The van der Waals surface area contributed by atoms with Crippen LogP contribution in [0.3, 0.4) is 0 Å². The number of hydrogen-bond acceptors (Lipinski definition) is 6. The van der Waals surface area contributed by atoms with Crippen LogP contribution in [0.5, 0.6) is 6.01 Å². The van der Waals surface area contributed by atoms with Crippen LogP contribution >= 0.6 is 0 Å². The SMILES string of the molecule is CNc1nc(OC(C)C)nc(N2CCC3CCCCC32)n1. The van der Waals surface area contributed by atoms with Crippen LogP contribution in [0.1, 0.15) is 46.0 Å². The summed E-state index contributed by atoms with van der Waals surface area (Å²) in [5.41, 5.74) is 0. The van der Waals surface area contributed by atoms with Gasteiger partial charge in [-0.2, -0.15) is 15.0 Å². The molecule has 0 amide bonds. The van der Waals surface area contributed by atoms with Gasteiger partial charge in [0.25, 0.3) is 0 Å². The molecule has 1 saturated carbocycles. The fourth-order valence-corrected chi connectivity index (χ4v) is 3.50. The summed E-state index contributed by atoms with van der Waals surface area (Å²) in [6.07, 6.45) is 6.61. The first kappa shape index (κ1) is 14.4. The summed E-state index contributed by atoms with van der Waals surface area (Å²) < 4.78 is 5.66. The molecule has 116 valence electrons. The number of rotatable bonds is 4. The molecular weight excluding hydrogens is 266 g/mol. The molecule has 6 heteroatoms. The van der Waals surface area contributed by atoms with Crippen LogP contribution in [-0.4, -0.2) is 40.7 Å². The first-order valence-electron chi connectivity index (χ1n) is 8.04. The monoisotopic (exact) mass is 291 g/mol. The van der Waals surface area contributed by atoms with E-state index in [9.17, 15) is 0 Å². The number of nitrogens with one attached hydrogen (secondary N) is 1. The van der Waals surface area contributed by atoms with E-state index < -0.39 is 0 Å². The third kappa shape index (κ3) is 3.04. The van der Waals surface area contributed by atoms with Crippen LogP contribution in [0.25, 0.3) is 0 Å². The molecule has 1 aromatic heterocycles. The van der Waals surface area contributed by atoms with Gasteiger partial charge in [-0.05, 0) is 39.0 Å². The number of ether oxygens (including phenoxy) is 1. The summed E-state index contributed by atoms with van der Waals surface area (Å²) in [5.74, 6) is 2.15. The van der Waals surface area contributed by atoms with Crippen molar-refractivity contribution in [2.24, 2.45) is 5.92 Å². The summed E-state index contributed by atoms with van der Waals surface area (Å²) in [5, 5.41) is 3.01. The van der Waals surface area contributed by atoms with Crippen LogP contribution in [0.15, 0.2) is 0 Å². The quantitative estimate of drug-likeness (QED) is 0.919. The van der Waals surface area contributed by atoms with Gasteiger partial charge in [-0.1, -0.05) is 12.8 Å². The predicted molar refractivity (Wildman–Crippen MR) is 82.8 cm³/mol. The fraction of sp³-hybridized carbons (Fsp3) is 0.800. The molecule has 2 fully saturated rings. The van der Waals surface area contributed by atoms with E-state index >= 15 is 0 Å². The van der Waals surface area contributed by atoms with Crippen molar-refractivity contribution in [1.82, 2.24) is 15.0 Å². The standard InChI is InChI=1S/C15H25N5O/c1-10(2)21-15-18-13(16-3)17-14(19-15)20-9-8-11-6-4-5-7-12(11)20/h10-12H,4-9H2,1-3H3,(H,16,17,18,19). The maximum absolute atomic E-state index is 5.66. The van der Waals surface area contributed by atoms with E-state index in [1.54, 1.807) is 0 Å². The molecule has 2 heterocycles. The number of nitrogens with zero attached hydrogens (tertiary/aromatic N) is 4. The Kier molecular flexibility index (Phi) is 4.12. The lowest BCUT2D eigenvalue weighted by Crippen LogP contribution is -2.36. The van der Waals surface area contributed by atoms with Gasteiger partial charge in [0, 0.05) is 19.6 Å². The number of hydrogen-bond donors (Lipinski definition) is 1. The number of fused-ring (bicyclic) bond motifs is 1. The van der Waals surface area contributed by atoms with Gasteiger partial charge in [0.1, 0.15) is 0 Å². The normalized spacial score (nSPS) is 25.0. The third-order valence-electron chi connectivity index (χ3n) is 4.43. The first-order chi connectivity index (χ1) is 10.2. The van der Waals surface area contributed by atoms with Gasteiger partial charge in [-0.3, -0.25) is 0 Å². The zero-order chi connectivity index (χ0) is 14.8. The number of aromatic nitrogens is 3. The third-order valence-corrected chi connectivity index (χ3v) is 4.43. The molecule has 0 bridgehead atoms. The molecule has 2 atom stereocenters. The molecule has 3 rings (SSSR count). The Morgan fingerprint density at radius 3 is 2.71 bits per heavy atom. The molecule has 1 aromatic rings. The van der Waals surface area contributed by atoms with Crippen molar-refractivity contribution in [3.8, 4) is 6.01 Å². The second-order valence-electron chi connectivity index (χ2n) is 6.25. The lowest BCUT2D eigenvalue weighted by molar-refractivity contribution is 0.222. The Morgan fingerprint density at radius 1 is 1.14 bits per heavy atom. The molecule has 6 nitrogen and oxygen atoms in total. The van der Waals surface area contributed by atoms with Crippen molar-refractivity contribution < 1.29 is 4.74 Å². The van der Waals surface area contributed by atoms with Crippen molar-refractivity contribution in [2.75, 3.05) is 23.8 Å². The van der Waals surface area contributed by atoms with Gasteiger partial charge in [0.15, 0.2) is 0 Å². The molecule has 0 aromatic carbocycles. The molecule has 1 saturated heterocycles. The second-order valence-corrected chi connectivity index (χ2v) is 6.25. The highest BCUT2D eigenvalue weighted by Gasteiger charge is 2.37. The molecule has 1 aliphatic heterocycles. The molecule has 21 heavy (non-hydrogen) atoms.